The van der Waals surface area contributed by atoms with Gasteiger partial charge in [-0.25, -0.2) is 4.98 Å². The average molecular weight is 369 g/mol. The third-order valence-corrected chi connectivity index (χ3v) is 6.22. The second-order valence-corrected chi connectivity index (χ2v) is 8.20. The third kappa shape index (κ3) is 2.58. The summed E-state index contributed by atoms with van der Waals surface area (Å²) in [6.07, 6.45) is 4.00. The molecule has 0 N–H and O–H groups in total. The number of aromatic nitrogens is 2. The topological polar surface area (TPSA) is 17.8 Å². The quantitative estimate of drug-likeness (QED) is 0.334. The zero-order chi connectivity index (χ0) is 18.4. The number of thiophene rings is 1. The van der Waals surface area contributed by atoms with Gasteiger partial charge in [-0.2, -0.15) is 0 Å². The number of rotatable bonds is 3. The van der Waals surface area contributed by atoms with Gasteiger partial charge in [0.2, 0.25) is 0 Å². The zero-order valence-corrected chi connectivity index (χ0v) is 16.2. The Morgan fingerprint density at radius 2 is 1.63 bits per heavy atom. The van der Waals surface area contributed by atoms with Crippen molar-refractivity contribution in [2.24, 2.45) is 0 Å². The average Bonchev–Trinajstić information content (AvgIpc) is 3.32. The lowest BCUT2D eigenvalue weighted by molar-refractivity contribution is 0.851. The van der Waals surface area contributed by atoms with Gasteiger partial charge in [0, 0.05) is 38.1 Å². The van der Waals surface area contributed by atoms with E-state index in [4.69, 9.17) is 4.98 Å². The van der Waals surface area contributed by atoms with Crippen molar-refractivity contribution in [2.75, 3.05) is 0 Å². The highest BCUT2D eigenvalue weighted by Gasteiger charge is 2.19. The van der Waals surface area contributed by atoms with Crippen molar-refractivity contribution in [2.45, 2.75) is 19.8 Å². The summed E-state index contributed by atoms with van der Waals surface area (Å²) in [5.74, 6) is 1.41. The van der Waals surface area contributed by atoms with Crippen LogP contribution in [0.4, 0.5) is 0 Å². The van der Waals surface area contributed by atoms with Gasteiger partial charge in [-0.3, -0.25) is 4.57 Å². The summed E-state index contributed by atoms with van der Waals surface area (Å²) in [4.78, 5) is 4.70. The minimum absolute atomic E-state index is 0.425. The normalized spacial score (nSPS) is 11.7. The van der Waals surface area contributed by atoms with E-state index >= 15 is 0 Å². The summed E-state index contributed by atoms with van der Waals surface area (Å²) in [5.41, 5.74) is 3.74. The lowest BCUT2D eigenvalue weighted by Crippen LogP contribution is -2.03. The molecule has 0 atom stereocenters. The van der Waals surface area contributed by atoms with Crippen molar-refractivity contribution in [3.63, 3.8) is 0 Å². The number of hydrogen-bond acceptors (Lipinski definition) is 2. The second-order valence-electron chi connectivity index (χ2n) is 7.12. The molecule has 2 aromatic heterocycles. The van der Waals surface area contributed by atoms with Gasteiger partial charge < -0.3 is 0 Å². The maximum atomic E-state index is 4.70. The van der Waals surface area contributed by atoms with E-state index in [1.165, 1.54) is 31.4 Å². The van der Waals surface area contributed by atoms with E-state index in [9.17, 15) is 0 Å². The maximum absolute atomic E-state index is 4.70. The Balaban J connectivity index is 1.91. The molecule has 0 aliphatic rings. The van der Waals surface area contributed by atoms with Gasteiger partial charge in [-0.1, -0.05) is 68.4 Å². The smallest absolute Gasteiger partial charge is 0.144 e. The molecule has 3 heteroatoms. The number of nitrogens with zero attached hydrogens (tertiary/aromatic N) is 2. The molecular weight excluding hydrogens is 348 g/mol. The number of imidazole rings is 1. The summed E-state index contributed by atoms with van der Waals surface area (Å²) in [5, 5.41) is 2.65. The molecule has 0 aliphatic carbocycles. The Morgan fingerprint density at radius 1 is 0.852 bits per heavy atom. The van der Waals surface area contributed by atoms with Crippen LogP contribution in [0.3, 0.4) is 0 Å². The van der Waals surface area contributed by atoms with E-state index in [1.54, 1.807) is 0 Å². The first-order valence-electron chi connectivity index (χ1n) is 9.27. The molecule has 27 heavy (non-hydrogen) atoms. The highest BCUT2D eigenvalue weighted by atomic mass is 32.1. The van der Waals surface area contributed by atoms with Crippen LogP contribution in [0.5, 0.6) is 0 Å². The molecule has 0 saturated carbocycles. The van der Waals surface area contributed by atoms with Crippen LogP contribution in [0.15, 0.2) is 79.1 Å². The summed E-state index contributed by atoms with van der Waals surface area (Å²) in [6.45, 7) is 4.52. The van der Waals surface area contributed by atoms with Crippen molar-refractivity contribution in [3.05, 3.63) is 84.7 Å². The van der Waals surface area contributed by atoms with Gasteiger partial charge in [0.1, 0.15) is 5.82 Å². The van der Waals surface area contributed by atoms with Crippen LogP contribution in [-0.4, -0.2) is 9.55 Å². The fraction of sp³-hybridized carbons (Fsp3) is 0.125. The van der Waals surface area contributed by atoms with Gasteiger partial charge in [0.05, 0.1) is 5.69 Å². The van der Waals surface area contributed by atoms with Crippen LogP contribution in [0, 0.1) is 0 Å². The van der Waals surface area contributed by atoms with Crippen LogP contribution in [0.25, 0.3) is 37.2 Å². The largest absolute Gasteiger partial charge is 0.299 e. The van der Waals surface area contributed by atoms with Gasteiger partial charge in [-0.15, -0.1) is 11.3 Å². The van der Waals surface area contributed by atoms with Crippen molar-refractivity contribution in [1.29, 1.82) is 0 Å². The highest BCUT2D eigenvalue weighted by molar-refractivity contribution is 7.25. The number of hydrogen-bond donors (Lipinski definition) is 0. The Bertz CT molecular complexity index is 1250. The van der Waals surface area contributed by atoms with Crippen molar-refractivity contribution in [3.8, 4) is 17.1 Å². The molecule has 3 aromatic carbocycles. The van der Waals surface area contributed by atoms with Gasteiger partial charge in [0.15, 0.2) is 0 Å². The predicted octanol–water partition coefficient (Wildman–Crippen LogP) is 7.03. The Hall–Kier alpha value is -2.91. The molecule has 0 aliphatic heterocycles. The Morgan fingerprint density at radius 3 is 2.44 bits per heavy atom. The highest BCUT2D eigenvalue weighted by Crippen LogP contribution is 2.41. The van der Waals surface area contributed by atoms with Crippen LogP contribution in [-0.2, 0) is 0 Å². The minimum Gasteiger partial charge on any atom is -0.299 e. The van der Waals surface area contributed by atoms with E-state index < -0.39 is 0 Å². The fourth-order valence-electron chi connectivity index (χ4n) is 3.82. The van der Waals surface area contributed by atoms with Gasteiger partial charge in [-0.05, 0) is 23.6 Å². The molecule has 0 radical (unpaired) electrons. The van der Waals surface area contributed by atoms with E-state index in [1.807, 2.05) is 23.6 Å². The van der Waals surface area contributed by atoms with Crippen molar-refractivity contribution in [1.82, 2.24) is 9.55 Å². The summed E-state index contributed by atoms with van der Waals surface area (Å²) < 4.78 is 4.92. The van der Waals surface area contributed by atoms with Crippen LogP contribution >= 0.6 is 11.3 Å². The van der Waals surface area contributed by atoms with Crippen LogP contribution in [0.2, 0.25) is 0 Å². The molecule has 2 heterocycles. The molecule has 132 valence electrons. The van der Waals surface area contributed by atoms with Gasteiger partial charge >= 0.3 is 0 Å². The number of benzene rings is 3. The minimum atomic E-state index is 0.425. The molecular formula is C24H20N2S. The molecule has 0 fully saturated rings. The van der Waals surface area contributed by atoms with E-state index in [0.717, 1.165) is 11.4 Å². The molecule has 5 aromatic rings. The Kier molecular flexibility index (Phi) is 3.83. The van der Waals surface area contributed by atoms with E-state index in [2.05, 4.69) is 85.3 Å². The number of fused-ring (bicyclic) bond motifs is 3. The van der Waals surface area contributed by atoms with Crippen molar-refractivity contribution >= 4 is 31.5 Å². The lowest BCUT2D eigenvalue weighted by Gasteiger charge is -2.17. The van der Waals surface area contributed by atoms with Crippen LogP contribution in [0.1, 0.15) is 25.3 Å². The third-order valence-electron chi connectivity index (χ3n) is 5.08. The second kappa shape index (κ2) is 6.36. The lowest BCUT2D eigenvalue weighted by atomic mass is 9.97. The first-order valence-corrected chi connectivity index (χ1v) is 10.1. The van der Waals surface area contributed by atoms with E-state index in [0.29, 0.717) is 5.92 Å². The fourth-order valence-corrected chi connectivity index (χ4v) is 4.93. The standard InChI is InChI=1S/C24H20N2S/c1-16(2)18-12-13-21-22(19-10-6-7-11-20(19)27-21)23(18)26-15-14-25-24(26)17-8-4-3-5-9-17/h3-16H,1-2H3. The first-order chi connectivity index (χ1) is 13.2. The van der Waals surface area contributed by atoms with Crippen molar-refractivity contribution < 1.29 is 0 Å². The molecule has 2 nitrogen and oxygen atoms in total. The van der Waals surface area contributed by atoms with Gasteiger partial charge in [0.25, 0.3) is 0 Å². The summed E-state index contributed by atoms with van der Waals surface area (Å²) in [6, 6.07) is 23.7. The van der Waals surface area contributed by atoms with Crippen LogP contribution < -0.4 is 0 Å². The first kappa shape index (κ1) is 16.3. The summed E-state index contributed by atoms with van der Waals surface area (Å²) in [7, 11) is 0. The molecule has 0 unspecified atom stereocenters. The molecule has 5 rings (SSSR count). The maximum Gasteiger partial charge on any atom is 0.144 e. The zero-order valence-electron chi connectivity index (χ0n) is 15.4. The summed E-state index contributed by atoms with van der Waals surface area (Å²) >= 11 is 1.86. The predicted molar refractivity (Wildman–Crippen MR) is 116 cm³/mol. The molecule has 0 bridgehead atoms. The monoisotopic (exact) mass is 368 g/mol. The molecule has 0 spiro atoms. The molecule has 0 amide bonds. The Labute approximate surface area is 162 Å². The molecule has 0 saturated heterocycles. The van der Waals surface area contributed by atoms with E-state index in [-0.39, 0.29) is 0 Å². The SMILES string of the molecule is CC(C)c1ccc2sc3ccccc3c2c1-n1ccnc1-c1ccccc1.